The Bertz CT molecular complexity index is 84.1. The van der Waals surface area contributed by atoms with Gasteiger partial charge in [-0.05, 0) is 6.90 Å². The summed E-state index contributed by atoms with van der Waals surface area (Å²) in [5, 5.41) is 0. The molecule has 1 atom stereocenters. The van der Waals surface area contributed by atoms with Crippen LogP contribution >= 0.6 is 0 Å². The van der Waals surface area contributed by atoms with Gasteiger partial charge in [0.05, 0.1) is 1.37 Å². The number of ether oxygens (including phenoxy) is 1. The van der Waals surface area contributed by atoms with E-state index in [0.29, 0.717) is 0 Å². The number of carbonyl (C=O) groups excluding carboxylic acids is 1. The van der Waals surface area contributed by atoms with Gasteiger partial charge < -0.3 is 4.74 Å². The smallest absolute Gasteiger partial charge is 0.155 e. The Balaban J connectivity index is 3.46. The van der Waals surface area contributed by atoms with Crippen molar-refractivity contribution in [2.45, 2.75) is 6.90 Å². The highest BCUT2D eigenvalue weighted by atomic mass is 16.5. The van der Waals surface area contributed by atoms with Crippen LogP contribution in [-0.2, 0) is 9.53 Å². The molecule has 6 heavy (non-hydrogen) atoms. The van der Waals surface area contributed by atoms with E-state index in [1.807, 2.05) is 0 Å². The maximum Gasteiger partial charge on any atom is 0.155 e. The average Bonchev–Trinajstić information content (AvgIpc) is 1.84. The predicted molar refractivity (Wildman–Crippen MR) is 22.6 cm³/mol. The van der Waals surface area contributed by atoms with Crippen LogP contribution in [0.25, 0.3) is 0 Å². The maximum absolute atomic E-state index is 10.2. The molecule has 0 aliphatic carbocycles. The molecule has 0 heterocycles. The van der Waals surface area contributed by atoms with Gasteiger partial charge in [0.15, 0.2) is 5.78 Å². The van der Waals surface area contributed by atoms with Crippen LogP contribution in [0.5, 0.6) is 0 Å². The van der Waals surface area contributed by atoms with Crippen LogP contribution in [0, 0.1) is 0 Å². The van der Waals surface area contributed by atoms with Gasteiger partial charge in [-0.2, -0.15) is 0 Å². The molecule has 0 amide bonds. The third-order valence-electron chi connectivity index (χ3n) is 0.249. The molecule has 0 spiro atoms. The summed E-state index contributed by atoms with van der Waals surface area (Å²) in [4.78, 5) is 10.2. The lowest BCUT2D eigenvalue weighted by Gasteiger charge is -1.84. The van der Waals surface area contributed by atoms with Crippen molar-refractivity contribution in [1.82, 2.24) is 0 Å². The molecule has 0 aromatic carbocycles. The summed E-state index contributed by atoms with van der Waals surface area (Å²) in [6.07, 6.45) is 0. The molecule has 0 aliphatic heterocycles. The summed E-state index contributed by atoms with van der Waals surface area (Å²) in [7, 11) is 1.27. The molecule has 0 aromatic rings. The minimum Gasteiger partial charge on any atom is -0.377 e. The number of Topliss-reactive ketones (excluding diaryl/α,β-unsaturated/α-hetero) is 1. The normalized spacial score (nSPS) is 18.2. The highest BCUT2D eigenvalue weighted by Crippen LogP contribution is 1.65. The number of methoxy groups -OCH3 is 1. The van der Waals surface area contributed by atoms with Gasteiger partial charge in [-0.1, -0.05) is 0 Å². The Morgan fingerprint density at radius 1 is 2.33 bits per heavy atom. The van der Waals surface area contributed by atoms with Crippen LogP contribution in [0.2, 0.25) is 0 Å². The molecule has 2 heteroatoms. The van der Waals surface area contributed by atoms with Crippen LogP contribution in [0.4, 0.5) is 0 Å². The Morgan fingerprint density at radius 3 is 3.17 bits per heavy atom. The van der Waals surface area contributed by atoms with Crippen molar-refractivity contribution >= 4 is 5.78 Å². The molecule has 36 valence electrons. The van der Waals surface area contributed by atoms with E-state index in [4.69, 9.17) is 2.74 Å². The second-order valence-electron chi connectivity index (χ2n) is 0.820. The minimum absolute atomic E-state index is 0.373. The molecule has 1 unspecified atom stereocenters. The highest BCUT2D eigenvalue weighted by Gasteiger charge is 1.83. The standard InChI is InChI=1S/C4H8O2/c1-4(5)3-6-2/h3H2,1-2H3/i1D,3D. The topological polar surface area (TPSA) is 26.3 Å². The maximum atomic E-state index is 10.2. The number of rotatable bonds is 2. The molecule has 0 aliphatic rings. The Hall–Kier alpha value is -0.370. The first kappa shape index (κ1) is 2.75. The Kier molecular flexibility index (Phi) is 1.30. The van der Waals surface area contributed by atoms with Crippen LogP contribution in [0.15, 0.2) is 0 Å². The zero-order valence-electron chi connectivity index (χ0n) is 5.60. The summed E-state index contributed by atoms with van der Waals surface area (Å²) in [6, 6.07) is 0. The SMILES string of the molecule is [2H]CC(=O)C([2H])OC. The van der Waals surface area contributed by atoms with Gasteiger partial charge in [0.1, 0.15) is 6.58 Å². The molecule has 0 rings (SSSR count). The van der Waals surface area contributed by atoms with Gasteiger partial charge in [-0.15, -0.1) is 0 Å². The lowest BCUT2D eigenvalue weighted by molar-refractivity contribution is -0.120. The van der Waals surface area contributed by atoms with Gasteiger partial charge in [-0.25, -0.2) is 0 Å². The molecular formula is C4H8O2. The summed E-state index contributed by atoms with van der Waals surface area (Å²) in [5.74, 6) is -0.507. The van der Waals surface area contributed by atoms with Crippen molar-refractivity contribution in [2.75, 3.05) is 13.7 Å². The second kappa shape index (κ2) is 2.85. The summed E-state index contributed by atoms with van der Waals surface area (Å²) < 4.78 is 17.5. The van der Waals surface area contributed by atoms with E-state index in [-0.39, 0.29) is 6.90 Å². The third-order valence-corrected chi connectivity index (χ3v) is 0.249. The van der Waals surface area contributed by atoms with E-state index >= 15 is 0 Å². The fourth-order valence-corrected chi connectivity index (χ4v) is 0.131. The molecule has 0 aromatic heterocycles. The fourth-order valence-electron chi connectivity index (χ4n) is 0.131. The second-order valence-corrected chi connectivity index (χ2v) is 0.820. The fraction of sp³-hybridized carbons (Fsp3) is 0.750. The quantitative estimate of drug-likeness (QED) is 0.485. The molecule has 0 N–H and O–H groups in total. The van der Waals surface area contributed by atoms with Gasteiger partial charge in [0.2, 0.25) is 0 Å². The molecule has 0 fully saturated rings. The number of hydrogen-bond acceptors (Lipinski definition) is 2. The van der Waals surface area contributed by atoms with Gasteiger partial charge in [0, 0.05) is 8.48 Å². The number of carbonyl (C=O) groups is 1. The lowest BCUT2D eigenvalue weighted by atomic mass is 10.5. The van der Waals surface area contributed by atoms with Crippen molar-refractivity contribution in [3.8, 4) is 0 Å². The van der Waals surface area contributed by atoms with Crippen LogP contribution in [-0.4, -0.2) is 19.5 Å². The van der Waals surface area contributed by atoms with E-state index in [1.165, 1.54) is 7.11 Å². The van der Waals surface area contributed by atoms with Crippen molar-refractivity contribution in [1.29, 1.82) is 0 Å². The van der Waals surface area contributed by atoms with E-state index in [2.05, 4.69) is 4.74 Å². The Morgan fingerprint density at radius 2 is 3.00 bits per heavy atom. The first-order chi connectivity index (χ1) is 3.72. The van der Waals surface area contributed by atoms with Crippen molar-refractivity contribution < 1.29 is 12.3 Å². The van der Waals surface area contributed by atoms with Crippen molar-refractivity contribution in [3.05, 3.63) is 0 Å². The number of ketones is 1. The monoisotopic (exact) mass is 90.1 g/mol. The van der Waals surface area contributed by atoms with E-state index < -0.39 is 12.4 Å². The first-order valence-corrected chi connectivity index (χ1v) is 1.49. The van der Waals surface area contributed by atoms with Crippen molar-refractivity contribution in [2.24, 2.45) is 0 Å². The van der Waals surface area contributed by atoms with E-state index in [1.54, 1.807) is 0 Å². The largest absolute Gasteiger partial charge is 0.377 e. The zero-order valence-corrected chi connectivity index (χ0v) is 3.60. The van der Waals surface area contributed by atoms with Gasteiger partial charge in [-0.3, -0.25) is 4.79 Å². The molecule has 0 saturated heterocycles. The van der Waals surface area contributed by atoms with Gasteiger partial charge in [0.25, 0.3) is 0 Å². The molecular weight excluding hydrogens is 80.0 g/mol. The zero-order chi connectivity index (χ0) is 6.57. The van der Waals surface area contributed by atoms with Crippen LogP contribution < -0.4 is 0 Å². The summed E-state index contributed by atoms with van der Waals surface area (Å²) in [6.45, 7) is -1.53. The van der Waals surface area contributed by atoms with Crippen LogP contribution in [0.3, 0.4) is 0 Å². The third kappa shape index (κ3) is 3.63. The predicted octanol–water partition coefficient (Wildman–Crippen LogP) is 0.222. The first-order valence-electron chi connectivity index (χ1n) is 2.77. The van der Waals surface area contributed by atoms with Crippen LogP contribution in [0.1, 0.15) is 9.64 Å². The molecule has 0 bridgehead atoms. The summed E-state index contributed by atoms with van der Waals surface area (Å²) in [5.41, 5.74) is 0. The molecule has 2 nitrogen and oxygen atoms in total. The Labute approximate surface area is 39.9 Å². The molecule has 0 radical (unpaired) electrons. The molecule has 0 saturated carbocycles. The van der Waals surface area contributed by atoms with E-state index in [0.717, 1.165) is 0 Å². The van der Waals surface area contributed by atoms with Crippen molar-refractivity contribution in [3.63, 3.8) is 0 Å². The minimum atomic E-state index is -1.16. The lowest BCUT2D eigenvalue weighted by Crippen LogP contribution is -1.98. The van der Waals surface area contributed by atoms with Gasteiger partial charge >= 0.3 is 0 Å². The average molecular weight is 90.1 g/mol. The number of hydrogen-bond donors (Lipinski definition) is 0. The van der Waals surface area contributed by atoms with E-state index in [9.17, 15) is 4.79 Å². The summed E-state index contributed by atoms with van der Waals surface area (Å²) >= 11 is 0. The highest BCUT2D eigenvalue weighted by molar-refractivity contribution is 5.76.